The highest BCUT2D eigenvalue weighted by molar-refractivity contribution is 8.00. The van der Waals surface area contributed by atoms with Crippen molar-refractivity contribution in [1.29, 1.82) is 0 Å². The van der Waals surface area contributed by atoms with Crippen LogP contribution < -0.4 is 47.7 Å². The maximum atomic E-state index is 15.1. The predicted molar refractivity (Wildman–Crippen MR) is 482 cm³/mol. The maximum absolute atomic E-state index is 15.1. The highest BCUT2D eigenvalue weighted by atomic mass is 35.5. The van der Waals surface area contributed by atoms with Crippen molar-refractivity contribution in [1.82, 2.24) is 59.3 Å². The zero-order valence-electron chi connectivity index (χ0n) is 69.1. The lowest BCUT2D eigenvalue weighted by molar-refractivity contribution is -0.131. The summed E-state index contributed by atoms with van der Waals surface area (Å²) in [5, 5.41) is 13.8. The van der Waals surface area contributed by atoms with Crippen LogP contribution in [0.2, 0.25) is 20.1 Å². The third-order valence-corrected chi connectivity index (χ3v) is 27.6. The smallest absolute Gasteiger partial charge is 0.350 e. The number of halogens is 8. The van der Waals surface area contributed by atoms with Crippen LogP contribution in [-0.4, -0.2) is 233 Å². The van der Waals surface area contributed by atoms with Crippen molar-refractivity contribution < 1.29 is 46.2 Å². The molecule has 6 aliphatic rings. The van der Waals surface area contributed by atoms with Crippen molar-refractivity contribution >= 4 is 150 Å². The monoisotopic (exact) mass is 1810 g/mol. The molecular weight excluding hydrogens is 1710 g/mol. The van der Waals surface area contributed by atoms with Crippen molar-refractivity contribution in [2.24, 2.45) is 0 Å². The second kappa shape index (κ2) is 39.8. The number of carbonyl (C=O) groups is 3. The van der Waals surface area contributed by atoms with Crippen molar-refractivity contribution in [3.63, 3.8) is 0 Å². The molecule has 9 aromatic rings. The molecule has 6 aliphatic heterocycles. The maximum Gasteiger partial charge on any atom is 0.350 e. The summed E-state index contributed by atoms with van der Waals surface area (Å²) in [5.74, 6) is 0.809. The van der Waals surface area contributed by atoms with Gasteiger partial charge in [-0.15, -0.1) is 35.3 Å². The zero-order valence-corrected chi connectivity index (χ0v) is 74.5. The first-order valence-corrected chi connectivity index (χ1v) is 44.6. The first-order chi connectivity index (χ1) is 58.5. The second-order valence-corrected chi connectivity index (χ2v) is 35.9. The fraction of sp³-hybridized carbons (Fsp3) is 0.414. The van der Waals surface area contributed by atoms with E-state index in [-0.39, 0.29) is 105 Å². The molecule has 648 valence electrons. The standard InChI is InChI=1S/C29H32Cl2FN5O3S.C29H32ClF2N5O3S.C29H33ClFN5O3S/c1-5-24(38)37-16(2)12-35(13-17(37)3)28-20-11-22(31)25(18-6-7-23(32)21(30)10-18)27-26(20)36(29(39)34-28)14-19(15-41-27)33-8-9-40-4;1-5-24(38)37-16(2)12-35(13-17(37)3)28-21-11-22(30)25(20-7-6-18(31)10-23(20)32)27-26(21)36(29(39)34-28)14-19(15-41-27)33-8-9-40-4;1-5-24(37)36-17(2)13-34(14-18(36)3)28-22-12-23(30)25(19-6-8-20(31)9-7-19)27-26(22)35(29(38)33-28)15-21(16-40-27)32-10-11-39-4/h2*5-7,10-11,16-17,19,33H,1,8-9,12-15H2,2-4H3;5-9,12,17-18,21,32H,1,10-11,13-16H2,2-4H3/t2*16-,17+,19?;17-,18+,21?. The Kier molecular flexibility index (Phi) is 29.7. The molecule has 3 N–H and O–H groups in total. The van der Waals surface area contributed by atoms with Gasteiger partial charge in [0.25, 0.3) is 0 Å². The van der Waals surface area contributed by atoms with Crippen LogP contribution in [0.5, 0.6) is 0 Å². The molecule has 0 spiro atoms. The van der Waals surface area contributed by atoms with E-state index in [2.05, 4.69) is 60.4 Å². The van der Waals surface area contributed by atoms with Gasteiger partial charge in [0.15, 0.2) is 0 Å². The van der Waals surface area contributed by atoms with Crippen molar-refractivity contribution in [2.75, 3.05) is 132 Å². The van der Waals surface area contributed by atoms with E-state index in [9.17, 15) is 41.9 Å². The molecule has 3 amide bonds. The summed E-state index contributed by atoms with van der Waals surface area (Å²) >= 11 is 31.7. The number of hydrogen-bond donors (Lipinski definition) is 3. The lowest BCUT2D eigenvalue weighted by atomic mass is 10.0. The molecule has 0 aliphatic carbocycles. The minimum absolute atomic E-state index is 0.00514. The summed E-state index contributed by atoms with van der Waals surface area (Å²) in [4.78, 5) is 106. The van der Waals surface area contributed by atoms with E-state index in [1.165, 1.54) is 60.3 Å². The number of anilines is 3. The topological polar surface area (TPSA) is 239 Å². The number of methoxy groups -OCH3 is 3. The predicted octanol–water partition coefficient (Wildman–Crippen LogP) is 13.3. The molecule has 3 aromatic heterocycles. The molecule has 35 heteroatoms. The second-order valence-electron chi connectivity index (χ2n) is 31.1. The van der Waals surface area contributed by atoms with Crippen LogP contribution in [0.25, 0.3) is 66.1 Å². The van der Waals surface area contributed by atoms with Crippen molar-refractivity contribution in [3.8, 4) is 33.4 Å². The van der Waals surface area contributed by atoms with E-state index in [0.717, 1.165) is 48.8 Å². The third-order valence-electron chi connectivity index (χ3n) is 22.6. The Morgan fingerprint density at radius 3 is 1.07 bits per heavy atom. The van der Waals surface area contributed by atoms with Gasteiger partial charge in [0.1, 0.15) is 40.7 Å². The summed E-state index contributed by atoms with van der Waals surface area (Å²) < 4.78 is 77.5. The number of amides is 3. The van der Waals surface area contributed by atoms with E-state index in [4.69, 9.17) is 60.6 Å². The molecule has 24 nitrogen and oxygen atoms in total. The Morgan fingerprint density at radius 2 is 0.746 bits per heavy atom. The van der Waals surface area contributed by atoms with Gasteiger partial charge < -0.3 is 59.6 Å². The fourth-order valence-electron chi connectivity index (χ4n) is 17.4. The van der Waals surface area contributed by atoms with Crippen molar-refractivity contribution in [3.05, 3.63) is 192 Å². The number of benzene rings is 6. The van der Waals surface area contributed by atoms with Gasteiger partial charge in [-0.25, -0.2) is 31.9 Å². The Morgan fingerprint density at radius 1 is 0.426 bits per heavy atom. The molecular formula is C87H97Cl4F4N15O9S3. The lowest BCUT2D eigenvalue weighted by Crippen LogP contribution is -2.58. The zero-order chi connectivity index (χ0) is 87.4. The van der Waals surface area contributed by atoms with Gasteiger partial charge in [-0.3, -0.25) is 28.1 Å². The van der Waals surface area contributed by atoms with E-state index >= 15 is 4.39 Å². The molecule has 0 bridgehead atoms. The van der Waals surface area contributed by atoms with Crippen LogP contribution >= 0.6 is 81.7 Å². The fourth-order valence-corrected chi connectivity index (χ4v) is 22.7. The first kappa shape index (κ1) is 91.2. The van der Waals surface area contributed by atoms with Crippen LogP contribution in [0.4, 0.5) is 35.0 Å². The molecule has 0 radical (unpaired) electrons. The molecule has 9 atom stereocenters. The molecule has 9 heterocycles. The van der Waals surface area contributed by atoms with Gasteiger partial charge in [0, 0.05) is 231 Å². The molecule has 6 aromatic carbocycles. The lowest BCUT2D eigenvalue weighted by Gasteiger charge is -2.44. The molecule has 15 rings (SSSR count). The number of ether oxygens (including phenoxy) is 3. The number of piperazine rings is 3. The van der Waals surface area contributed by atoms with E-state index < -0.39 is 23.1 Å². The summed E-state index contributed by atoms with van der Waals surface area (Å²) in [6.07, 6.45) is 3.98. The van der Waals surface area contributed by atoms with Crippen LogP contribution in [0.15, 0.2) is 146 Å². The minimum atomic E-state index is -0.740. The van der Waals surface area contributed by atoms with Gasteiger partial charge in [-0.1, -0.05) is 84.3 Å². The largest absolute Gasteiger partial charge is 0.383 e. The Bertz CT molecular complexity index is 5690. The minimum Gasteiger partial charge on any atom is -0.383 e. The van der Waals surface area contributed by atoms with Gasteiger partial charge in [0.2, 0.25) is 17.7 Å². The summed E-state index contributed by atoms with van der Waals surface area (Å²) in [6.45, 7) is 30.3. The van der Waals surface area contributed by atoms with Gasteiger partial charge >= 0.3 is 17.1 Å². The summed E-state index contributed by atoms with van der Waals surface area (Å²) in [5.41, 5.74) is 4.41. The summed E-state index contributed by atoms with van der Waals surface area (Å²) in [6, 6.07) is 18.7. The first-order valence-electron chi connectivity index (χ1n) is 40.1. The molecule has 0 saturated carbocycles. The van der Waals surface area contributed by atoms with E-state index in [1.807, 2.05) is 68.4 Å². The van der Waals surface area contributed by atoms with E-state index in [0.29, 0.717) is 176 Å². The highest BCUT2D eigenvalue weighted by Gasteiger charge is 2.40. The van der Waals surface area contributed by atoms with Crippen LogP contribution in [-0.2, 0) is 48.2 Å². The average Bonchev–Trinajstić information content (AvgIpc) is 1.30. The number of carbonyl (C=O) groups excluding carboxylic acids is 3. The number of aromatic nitrogens is 6. The Balaban J connectivity index is 0.000000158. The number of rotatable bonds is 21. The van der Waals surface area contributed by atoms with Gasteiger partial charge in [-0.2, -0.15) is 15.0 Å². The van der Waals surface area contributed by atoms with Crippen LogP contribution in [0, 0.1) is 23.3 Å². The number of thioether (sulfide) groups is 3. The third kappa shape index (κ3) is 19.0. The summed E-state index contributed by atoms with van der Waals surface area (Å²) in [7, 11) is 4.92. The number of nitrogens with zero attached hydrogens (tertiary/aromatic N) is 12. The van der Waals surface area contributed by atoms with Gasteiger partial charge in [0.05, 0.1) is 56.5 Å². The van der Waals surface area contributed by atoms with Crippen LogP contribution in [0.1, 0.15) is 41.5 Å². The Hall–Kier alpha value is -8.54. The molecule has 3 saturated heterocycles. The van der Waals surface area contributed by atoms with E-state index in [1.54, 1.807) is 93.8 Å². The highest BCUT2D eigenvalue weighted by Crippen LogP contribution is 2.50. The Labute approximate surface area is 737 Å². The molecule has 3 unspecified atom stereocenters. The number of nitrogens with one attached hydrogen (secondary N) is 3. The SMILES string of the molecule is C=CC(=O)N1[C@H](C)CN(c2nc(=O)n3c4c(c(-c5ccc(F)c(Cl)c5)c(Cl)cc24)SCC(NCCOC)C3)C[C@@H]1C.C=CC(=O)N1[C@H](C)CN(c2nc(=O)n3c4c(c(-c5ccc(F)cc5)c(Cl)cc24)SCC(NCCOC)C3)C[C@@H]1C.C=CC(=O)N1[C@H](C)CN(c2nc(=O)n3c4c(c(-c5ccc(F)cc5F)c(Cl)cc24)SCC(NCCOC)C3)C[C@@H]1C. The molecule has 3 fully saturated rings. The van der Waals surface area contributed by atoms with Gasteiger partial charge in [-0.05, 0) is 125 Å². The van der Waals surface area contributed by atoms with Crippen LogP contribution in [0.3, 0.4) is 0 Å². The normalized spacial score (nSPS) is 20.8. The van der Waals surface area contributed by atoms with Crippen molar-refractivity contribution in [2.45, 2.75) is 130 Å². The number of hydrogen-bond acceptors (Lipinski definition) is 21. The quantitative estimate of drug-likeness (QED) is 0.0344. The average molecular weight is 1810 g/mol. The molecule has 122 heavy (non-hydrogen) atoms.